The van der Waals surface area contributed by atoms with Gasteiger partial charge in [-0.1, -0.05) is 11.6 Å². The van der Waals surface area contributed by atoms with Crippen LogP contribution in [0.2, 0.25) is 5.02 Å². The first-order chi connectivity index (χ1) is 12.0. The van der Waals surface area contributed by atoms with Gasteiger partial charge in [0.05, 0.1) is 0 Å². The van der Waals surface area contributed by atoms with Crippen molar-refractivity contribution in [2.24, 2.45) is 23.7 Å². The number of anilines is 1. The lowest BCUT2D eigenvalue weighted by Gasteiger charge is -2.40. The van der Waals surface area contributed by atoms with Gasteiger partial charge in [0.25, 0.3) is 0 Å². The summed E-state index contributed by atoms with van der Waals surface area (Å²) in [7, 11) is 0. The van der Waals surface area contributed by atoms with Crippen molar-refractivity contribution in [2.75, 3.05) is 31.1 Å². The van der Waals surface area contributed by atoms with Gasteiger partial charge in [-0.05, 0) is 55.4 Å². The quantitative estimate of drug-likeness (QED) is 0.816. The Balaban J connectivity index is 1.41. The van der Waals surface area contributed by atoms with Crippen molar-refractivity contribution >= 4 is 29.2 Å². The monoisotopic (exact) mass is 361 g/mol. The molecule has 1 heterocycles. The highest BCUT2D eigenvalue weighted by molar-refractivity contribution is 6.30. The van der Waals surface area contributed by atoms with E-state index in [-0.39, 0.29) is 23.7 Å². The topological polar surface area (TPSA) is 63.7 Å². The molecule has 1 aromatic carbocycles. The molecule has 2 aliphatic carbocycles. The Morgan fingerprint density at radius 2 is 1.56 bits per heavy atom. The van der Waals surface area contributed by atoms with Crippen LogP contribution in [0.5, 0.6) is 0 Å². The third-order valence-corrected chi connectivity index (χ3v) is 6.51. The van der Waals surface area contributed by atoms with E-state index in [0.717, 1.165) is 38.0 Å². The van der Waals surface area contributed by atoms with Crippen molar-refractivity contribution in [1.82, 2.24) is 4.90 Å². The van der Waals surface area contributed by atoms with Crippen LogP contribution in [0.4, 0.5) is 5.69 Å². The summed E-state index contributed by atoms with van der Waals surface area (Å²) in [6.07, 6.45) is 2.78. The Bertz CT molecular complexity index is 670. The lowest BCUT2D eigenvalue weighted by Crippen LogP contribution is -2.53. The van der Waals surface area contributed by atoms with Crippen LogP contribution in [0, 0.1) is 23.7 Å². The molecule has 1 aliphatic heterocycles. The van der Waals surface area contributed by atoms with Crippen molar-refractivity contribution in [2.45, 2.75) is 19.3 Å². The van der Waals surface area contributed by atoms with Gasteiger partial charge < -0.3 is 19.7 Å². The fourth-order valence-corrected chi connectivity index (χ4v) is 5.16. The smallest absolute Gasteiger partial charge is 0.226 e. The van der Waals surface area contributed by atoms with Crippen LogP contribution >= 0.6 is 11.6 Å². The van der Waals surface area contributed by atoms with Crippen molar-refractivity contribution < 1.29 is 14.7 Å². The van der Waals surface area contributed by atoms with Gasteiger partial charge in [-0.3, -0.25) is 4.79 Å². The molecule has 1 aromatic rings. The third-order valence-electron chi connectivity index (χ3n) is 6.26. The number of carbonyl (C=O) groups is 2. The number of benzene rings is 1. The Morgan fingerprint density at radius 1 is 0.960 bits per heavy atom. The van der Waals surface area contributed by atoms with Crippen LogP contribution in [-0.2, 0) is 9.59 Å². The lowest BCUT2D eigenvalue weighted by atomic mass is 9.78. The molecule has 6 heteroatoms. The molecule has 1 amide bonds. The Labute approximate surface area is 152 Å². The number of hydrogen-bond acceptors (Lipinski definition) is 4. The van der Waals surface area contributed by atoms with Gasteiger partial charge in [0.15, 0.2) is 0 Å². The average Bonchev–Trinajstić information content (AvgIpc) is 3.23. The number of halogens is 1. The van der Waals surface area contributed by atoms with E-state index in [1.54, 1.807) is 0 Å². The van der Waals surface area contributed by atoms with Gasteiger partial charge in [0.1, 0.15) is 0 Å². The predicted molar refractivity (Wildman–Crippen MR) is 93.1 cm³/mol. The van der Waals surface area contributed by atoms with Crippen LogP contribution in [0.1, 0.15) is 19.3 Å². The number of fused-ring (bicyclic) bond motifs is 2. The standard InChI is InChI=1S/C19H23ClN2O3/c20-14-3-5-15(6-4-14)21-7-9-22(10-8-21)18(23)16-12-1-2-13(11-12)17(16)19(24)25/h3-6,12-13,16-17H,1-2,7-11H2,(H,24,25)/p-1/t12-,13+,16-,17+/m1/s1. The summed E-state index contributed by atoms with van der Waals surface area (Å²) in [5.41, 5.74) is 1.10. The number of carboxylic acids is 1. The van der Waals surface area contributed by atoms with Crippen LogP contribution < -0.4 is 10.0 Å². The van der Waals surface area contributed by atoms with Crippen molar-refractivity contribution in [3.63, 3.8) is 0 Å². The van der Waals surface area contributed by atoms with Gasteiger partial charge in [0.2, 0.25) is 5.91 Å². The molecular weight excluding hydrogens is 340 g/mol. The highest BCUT2D eigenvalue weighted by Gasteiger charge is 2.52. The summed E-state index contributed by atoms with van der Waals surface area (Å²) in [5.74, 6) is -1.59. The molecule has 0 spiro atoms. The molecule has 134 valence electrons. The maximum Gasteiger partial charge on any atom is 0.226 e. The number of nitrogens with zero attached hydrogens (tertiary/aromatic N) is 2. The molecule has 0 unspecified atom stereocenters. The molecule has 2 saturated carbocycles. The van der Waals surface area contributed by atoms with E-state index in [1.165, 1.54) is 0 Å². The molecule has 0 radical (unpaired) electrons. The van der Waals surface area contributed by atoms with Crippen molar-refractivity contribution in [1.29, 1.82) is 0 Å². The molecule has 3 aliphatic rings. The molecule has 4 atom stereocenters. The lowest BCUT2D eigenvalue weighted by molar-refractivity contribution is -0.314. The van der Waals surface area contributed by atoms with Crippen LogP contribution in [0.25, 0.3) is 0 Å². The van der Waals surface area contributed by atoms with Crippen LogP contribution in [-0.4, -0.2) is 43.0 Å². The largest absolute Gasteiger partial charge is 0.550 e. The number of amides is 1. The normalized spacial score (nSPS) is 31.4. The molecule has 5 nitrogen and oxygen atoms in total. The van der Waals surface area contributed by atoms with Crippen LogP contribution in [0.3, 0.4) is 0 Å². The maximum atomic E-state index is 13.0. The summed E-state index contributed by atoms with van der Waals surface area (Å²) in [4.78, 5) is 28.6. The highest BCUT2D eigenvalue weighted by atomic mass is 35.5. The molecule has 1 saturated heterocycles. The van der Waals surface area contributed by atoms with Crippen molar-refractivity contribution in [3.05, 3.63) is 29.3 Å². The predicted octanol–water partition coefficient (Wildman–Crippen LogP) is 1.40. The number of carbonyl (C=O) groups excluding carboxylic acids is 2. The summed E-state index contributed by atoms with van der Waals surface area (Å²) >= 11 is 5.93. The number of carboxylic acid groups (broad SMARTS) is 1. The van der Waals surface area contributed by atoms with Gasteiger partial charge in [-0.15, -0.1) is 0 Å². The summed E-state index contributed by atoms with van der Waals surface area (Å²) in [6.45, 7) is 2.78. The second kappa shape index (κ2) is 6.52. The molecule has 0 aromatic heterocycles. The fourth-order valence-electron chi connectivity index (χ4n) is 5.03. The Kier molecular flexibility index (Phi) is 4.36. The molecule has 25 heavy (non-hydrogen) atoms. The van der Waals surface area contributed by atoms with E-state index in [4.69, 9.17) is 11.6 Å². The molecular formula is C19H22ClN2O3-. The van der Waals surface area contributed by atoms with Crippen LogP contribution in [0.15, 0.2) is 24.3 Å². The minimum absolute atomic E-state index is 0.0251. The first kappa shape index (κ1) is 16.7. The fraction of sp³-hybridized carbons (Fsp3) is 0.579. The average molecular weight is 362 g/mol. The molecule has 2 bridgehead atoms. The van der Waals surface area contributed by atoms with E-state index in [1.807, 2.05) is 29.2 Å². The van der Waals surface area contributed by atoms with E-state index in [9.17, 15) is 14.7 Å². The van der Waals surface area contributed by atoms with E-state index < -0.39 is 11.9 Å². The number of hydrogen-bond donors (Lipinski definition) is 0. The minimum Gasteiger partial charge on any atom is -0.550 e. The Morgan fingerprint density at radius 3 is 2.16 bits per heavy atom. The summed E-state index contributed by atoms with van der Waals surface area (Å²) in [6, 6.07) is 7.71. The molecule has 4 rings (SSSR count). The number of piperazine rings is 1. The SMILES string of the molecule is O=C([O-])[C@H]1[C@H]2CC[C@H](C2)[C@H]1C(=O)N1CCN(c2ccc(Cl)cc2)CC1. The zero-order valence-electron chi connectivity index (χ0n) is 14.1. The number of aliphatic carboxylic acids is 1. The van der Waals surface area contributed by atoms with Gasteiger partial charge >= 0.3 is 0 Å². The van der Waals surface area contributed by atoms with Gasteiger partial charge in [-0.2, -0.15) is 0 Å². The Hall–Kier alpha value is -1.75. The van der Waals surface area contributed by atoms with Crippen molar-refractivity contribution in [3.8, 4) is 0 Å². The molecule has 3 fully saturated rings. The third kappa shape index (κ3) is 2.99. The maximum absolute atomic E-state index is 13.0. The second-order valence-electron chi connectivity index (χ2n) is 7.49. The zero-order valence-corrected chi connectivity index (χ0v) is 14.8. The summed E-state index contributed by atoms with van der Waals surface area (Å²) < 4.78 is 0. The zero-order chi connectivity index (χ0) is 17.6. The summed E-state index contributed by atoms with van der Waals surface area (Å²) in [5, 5.41) is 12.3. The highest BCUT2D eigenvalue weighted by Crippen LogP contribution is 2.52. The van der Waals surface area contributed by atoms with E-state index >= 15 is 0 Å². The minimum atomic E-state index is -1.04. The first-order valence-corrected chi connectivity index (χ1v) is 9.42. The second-order valence-corrected chi connectivity index (χ2v) is 7.93. The first-order valence-electron chi connectivity index (χ1n) is 9.05. The van der Waals surface area contributed by atoms with E-state index in [2.05, 4.69) is 4.90 Å². The van der Waals surface area contributed by atoms with E-state index in [0.29, 0.717) is 18.1 Å². The number of rotatable bonds is 3. The van der Waals surface area contributed by atoms with Gasteiger partial charge in [0, 0.05) is 54.7 Å². The van der Waals surface area contributed by atoms with Gasteiger partial charge in [-0.25, -0.2) is 0 Å². The molecule has 0 N–H and O–H groups in total.